The highest BCUT2D eigenvalue weighted by molar-refractivity contribution is 6.04. The van der Waals surface area contributed by atoms with Crippen LogP contribution in [0.3, 0.4) is 0 Å². The Morgan fingerprint density at radius 1 is 1.45 bits per heavy atom. The van der Waals surface area contributed by atoms with Crippen molar-refractivity contribution in [3.8, 4) is 17.1 Å². The van der Waals surface area contributed by atoms with Crippen LogP contribution in [0.5, 0.6) is 5.75 Å². The first-order chi connectivity index (χ1) is 9.63. The minimum absolute atomic E-state index is 0.0309. The second-order valence-electron chi connectivity index (χ2n) is 4.38. The number of methoxy groups -OCH3 is 1. The maximum Gasteiger partial charge on any atom is 0.341 e. The molecule has 1 aromatic carbocycles. The summed E-state index contributed by atoms with van der Waals surface area (Å²) >= 11 is 0. The molecule has 0 spiro atoms. The van der Waals surface area contributed by atoms with E-state index in [0.29, 0.717) is 11.3 Å². The number of aromatic nitrogens is 2. The highest BCUT2D eigenvalue weighted by Gasteiger charge is 2.22. The molecule has 0 saturated heterocycles. The van der Waals surface area contributed by atoms with Gasteiger partial charge in [0.1, 0.15) is 11.3 Å². The zero-order valence-electron chi connectivity index (χ0n) is 11.0. The lowest BCUT2D eigenvalue weighted by molar-refractivity contribution is 0.0697. The Kier molecular flexibility index (Phi) is 2.71. The van der Waals surface area contributed by atoms with E-state index in [1.807, 2.05) is 29.8 Å². The van der Waals surface area contributed by atoms with Crippen LogP contribution in [0.2, 0.25) is 0 Å². The fraction of sp³-hybridized carbons (Fsp3) is 0.143. The Labute approximate surface area is 114 Å². The molecule has 0 unspecified atom stereocenters. The molecule has 0 saturated carbocycles. The molecule has 102 valence electrons. The number of benzene rings is 1. The molecule has 0 fully saturated rings. The van der Waals surface area contributed by atoms with Crippen LogP contribution in [-0.4, -0.2) is 27.9 Å². The summed E-state index contributed by atoms with van der Waals surface area (Å²) in [4.78, 5) is 11.2. The van der Waals surface area contributed by atoms with Crippen LogP contribution in [0.4, 0.5) is 0 Å². The first-order valence-corrected chi connectivity index (χ1v) is 5.94. The van der Waals surface area contributed by atoms with Crippen LogP contribution in [0.15, 0.2) is 35.1 Å². The van der Waals surface area contributed by atoms with Gasteiger partial charge in [0, 0.05) is 13.2 Å². The molecule has 1 N–H and O–H groups in total. The molecular formula is C14H12N2O4. The molecule has 6 heteroatoms. The third kappa shape index (κ3) is 1.65. The van der Waals surface area contributed by atoms with Crippen molar-refractivity contribution in [2.45, 2.75) is 0 Å². The van der Waals surface area contributed by atoms with Gasteiger partial charge in [0.15, 0.2) is 5.76 Å². The van der Waals surface area contributed by atoms with E-state index in [4.69, 9.17) is 9.26 Å². The molecular weight excluding hydrogens is 260 g/mol. The maximum absolute atomic E-state index is 11.2. The summed E-state index contributed by atoms with van der Waals surface area (Å²) in [6.45, 7) is 0. The third-order valence-corrected chi connectivity index (χ3v) is 3.24. The summed E-state index contributed by atoms with van der Waals surface area (Å²) in [6.07, 6.45) is 3.01. The standard InChI is InChI=1S/C14H12N2O4/c1-16-7-9(13-8(14(17)18)6-15-20-13)12-10(16)4-3-5-11(12)19-2/h3-7H,1-2H3,(H,17,18). The first kappa shape index (κ1) is 12.3. The molecule has 0 atom stereocenters. The normalized spacial score (nSPS) is 10.9. The number of aromatic carboxylic acids is 1. The lowest BCUT2D eigenvalue weighted by Crippen LogP contribution is -1.95. The van der Waals surface area contributed by atoms with Gasteiger partial charge in [-0.3, -0.25) is 0 Å². The van der Waals surface area contributed by atoms with Crippen molar-refractivity contribution in [2.24, 2.45) is 7.05 Å². The quantitative estimate of drug-likeness (QED) is 0.792. The minimum atomic E-state index is -1.08. The zero-order valence-corrected chi connectivity index (χ0v) is 11.0. The van der Waals surface area contributed by atoms with Gasteiger partial charge >= 0.3 is 5.97 Å². The molecule has 3 rings (SSSR count). The Balaban J connectivity index is 2.37. The number of rotatable bonds is 3. The van der Waals surface area contributed by atoms with Gasteiger partial charge < -0.3 is 18.9 Å². The predicted octanol–water partition coefficient (Wildman–Crippen LogP) is 2.54. The predicted molar refractivity (Wildman–Crippen MR) is 71.9 cm³/mol. The van der Waals surface area contributed by atoms with Crippen molar-refractivity contribution in [1.29, 1.82) is 0 Å². The molecule has 0 aliphatic heterocycles. The monoisotopic (exact) mass is 272 g/mol. The molecule has 0 amide bonds. The van der Waals surface area contributed by atoms with Crippen LogP contribution in [0, 0.1) is 0 Å². The van der Waals surface area contributed by atoms with Crippen molar-refractivity contribution in [2.75, 3.05) is 7.11 Å². The van der Waals surface area contributed by atoms with Gasteiger partial charge in [-0.25, -0.2) is 4.79 Å². The second kappa shape index (κ2) is 4.41. The fourth-order valence-corrected chi connectivity index (χ4v) is 2.34. The molecule has 20 heavy (non-hydrogen) atoms. The molecule has 2 aromatic heterocycles. The summed E-state index contributed by atoms with van der Waals surface area (Å²) < 4.78 is 12.4. The molecule has 6 nitrogen and oxygen atoms in total. The van der Waals surface area contributed by atoms with Gasteiger partial charge in [-0.1, -0.05) is 11.2 Å². The van der Waals surface area contributed by atoms with Crippen molar-refractivity contribution < 1.29 is 19.2 Å². The maximum atomic E-state index is 11.2. The van der Waals surface area contributed by atoms with Crippen LogP contribution in [0.25, 0.3) is 22.2 Å². The number of aryl methyl sites for hydroxylation is 1. The van der Waals surface area contributed by atoms with E-state index < -0.39 is 5.97 Å². The van der Waals surface area contributed by atoms with E-state index >= 15 is 0 Å². The zero-order chi connectivity index (χ0) is 14.3. The van der Waals surface area contributed by atoms with Gasteiger partial charge in [-0.05, 0) is 12.1 Å². The largest absolute Gasteiger partial charge is 0.496 e. The fourth-order valence-electron chi connectivity index (χ4n) is 2.34. The van der Waals surface area contributed by atoms with E-state index in [1.165, 1.54) is 6.20 Å². The van der Waals surface area contributed by atoms with Gasteiger partial charge in [0.05, 0.1) is 29.8 Å². The van der Waals surface area contributed by atoms with Gasteiger partial charge in [-0.2, -0.15) is 0 Å². The summed E-state index contributed by atoms with van der Waals surface area (Å²) in [5.74, 6) is -0.188. The third-order valence-electron chi connectivity index (χ3n) is 3.24. The Morgan fingerprint density at radius 2 is 2.25 bits per heavy atom. The number of ether oxygens (including phenoxy) is 1. The number of hydrogen-bond donors (Lipinski definition) is 1. The highest BCUT2D eigenvalue weighted by atomic mass is 16.5. The number of carboxylic acids is 1. The summed E-state index contributed by atoms with van der Waals surface area (Å²) in [5, 5.41) is 13.6. The summed E-state index contributed by atoms with van der Waals surface area (Å²) in [6, 6.07) is 5.63. The second-order valence-corrected chi connectivity index (χ2v) is 4.38. The first-order valence-electron chi connectivity index (χ1n) is 5.94. The van der Waals surface area contributed by atoms with Crippen molar-refractivity contribution >= 4 is 16.9 Å². The van der Waals surface area contributed by atoms with Gasteiger partial charge in [0.25, 0.3) is 0 Å². The average Bonchev–Trinajstić information content (AvgIpc) is 3.03. The van der Waals surface area contributed by atoms with E-state index in [-0.39, 0.29) is 11.3 Å². The van der Waals surface area contributed by atoms with Crippen LogP contribution in [-0.2, 0) is 7.05 Å². The van der Waals surface area contributed by atoms with Crippen LogP contribution < -0.4 is 4.74 Å². The van der Waals surface area contributed by atoms with Crippen molar-refractivity contribution in [3.63, 3.8) is 0 Å². The van der Waals surface area contributed by atoms with Gasteiger partial charge in [0.2, 0.25) is 0 Å². The summed E-state index contributed by atoms with van der Waals surface area (Å²) in [7, 11) is 3.45. The average molecular weight is 272 g/mol. The SMILES string of the molecule is COc1cccc2c1c(-c1oncc1C(=O)O)cn2C. The molecule has 2 heterocycles. The van der Waals surface area contributed by atoms with E-state index in [0.717, 1.165) is 10.9 Å². The van der Waals surface area contributed by atoms with E-state index in [1.54, 1.807) is 13.3 Å². The smallest absolute Gasteiger partial charge is 0.341 e. The number of carboxylic acid groups (broad SMARTS) is 1. The van der Waals surface area contributed by atoms with Crippen LogP contribution in [0.1, 0.15) is 10.4 Å². The molecule has 3 aromatic rings. The summed E-state index contributed by atoms with van der Waals surface area (Å²) in [5.41, 5.74) is 1.60. The Morgan fingerprint density at radius 3 is 2.95 bits per heavy atom. The van der Waals surface area contributed by atoms with Crippen molar-refractivity contribution in [1.82, 2.24) is 9.72 Å². The number of fused-ring (bicyclic) bond motifs is 1. The highest BCUT2D eigenvalue weighted by Crippen LogP contribution is 2.37. The minimum Gasteiger partial charge on any atom is -0.496 e. The Hall–Kier alpha value is -2.76. The van der Waals surface area contributed by atoms with Crippen LogP contribution >= 0.6 is 0 Å². The Bertz CT molecular complexity index is 801. The lowest BCUT2D eigenvalue weighted by atomic mass is 10.1. The number of hydrogen-bond acceptors (Lipinski definition) is 4. The molecule has 0 aliphatic rings. The van der Waals surface area contributed by atoms with Gasteiger partial charge in [-0.15, -0.1) is 0 Å². The number of nitrogens with zero attached hydrogens (tertiary/aromatic N) is 2. The number of carbonyl (C=O) groups is 1. The lowest BCUT2D eigenvalue weighted by Gasteiger charge is -2.03. The molecule has 0 aliphatic carbocycles. The topological polar surface area (TPSA) is 77.5 Å². The van der Waals surface area contributed by atoms with E-state index in [2.05, 4.69) is 5.16 Å². The molecule has 0 bridgehead atoms. The molecule has 0 radical (unpaired) electrons. The van der Waals surface area contributed by atoms with E-state index in [9.17, 15) is 9.90 Å². The van der Waals surface area contributed by atoms with Crippen molar-refractivity contribution in [3.05, 3.63) is 36.2 Å².